The molecule has 3 heteroatoms. The largest absolute Gasteiger partial charge is 0.375 e. The van der Waals surface area contributed by atoms with Gasteiger partial charge in [-0.3, -0.25) is 4.79 Å². The summed E-state index contributed by atoms with van der Waals surface area (Å²) < 4.78 is 5.44. The average Bonchev–Trinajstić information content (AvgIpc) is 2.32. The lowest BCUT2D eigenvalue weighted by Crippen LogP contribution is -2.44. The van der Waals surface area contributed by atoms with Gasteiger partial charge in [0.25, 0.3) is 5.91 Å². The number of carbonyl (C=O) groups excluding carboxylic acids is 1. The van der Waals surface area contributed by atoms with Gasteiger partial charge in [-0.2, -0.15) is 0 Å². The van der Waals surface area contributed by atoms with Gasteiger partial charge in [0, 0.05) is 18.7 Å². The molecule has 1 fully saturated rings. The normalized spacial score (nSPS) is 20.4. The molecule has 0 radical (unpaired) electrons. The monoisotopic (exact) mass is 233 g/mol. The lowest BCUT2D eigenvalue weighted by Gasteiger charge is -2.31. The molecule has 0 spiro atoms. The number of benzene rings is 1. The summed E-state index contributed by atoms with van der Waals surface area (Å²) in [5.74, 6) is 0.114. The fourth-order valence-electron chi connectivity index (χ4n) is 2.06. The highest BCUT2D eigenvalue weighted by Gasteiger charge is 2.22. The predicted octanol–water partition coefficient (Wildman–Crippen LogP) is 2.16. The van der Waals surface area contributed by atoms with Crippen LogP contribution in [0.5, 0.6) is 0 Å². The first-order valence-electron chi connectivity index (χ1n) is 6.06. The number of amides is 1. The maximum Gasteiger partial charge on any atom is 0.254 e. The fraction of sp³-hybridized carbons (Fsp3) is 0.500. The number of rotatable bonds is 1. The van der Waals surface area contributed by atoms with Gasteiger partial charge in [-0.05, 0) is 44.0 Å². The molecule has 0 aromatic heterocycles. The Kier molecular flexibility index (Phi) is 3.48. The summed E-state index contributed by atoms with van der Waals surface area (Å²) in [5.41, 5.74) is 3.16. The van der Waals surface area contributed by atoms with E-state index in [-0.39, 0.29) is 12.0 Å². The van der Waals surface area contributed by atoms with Crippen molar-refractivity contribution in [3.8, 4) is 0 Å². The molecule has 1 amide bonds. The second-order valence-electron chi connectivity index (χ2n) is 4.73. The van der Waals surface area contributed by atoms with Crippen LogP contribution in [0.25, 0.3) is 0 Å². The maximum absolute atomic E-state index is 12.3. The first-order valence-corrected chi connectivity index (χ1v) is 6.06. The van der Waals surface area contributed by atoms with Crippen molar-refractivity contribution in [2.75, 3.05) is 19.7 Å². The average molecular weight is 233 g/mol. The van der Waals surface area contributed by atoms with Crippen molar-refractivity contribution in [1.29, 1.82) is 0 Å². The SMILES string of the molecule is Cc1ccc(C(=O)N2CCO[C@H](C)C2)cc1C. The lowest BCUT2D eigenvalue weighted by atomic mass is 10.1. The van der Waals surface area contributed by atoms with Crippen LogP contribution in [0.2, 0.25) is 0 Å². The summed E-state index contributed by atoms with van der Waals surface area (Å²) in [6, 6.07) is 5.88. The van der Waals surface area contributed by atoms with E-state index in [1.807, 2.05) is 36.9 Å². The molecule has 17 heavy (non-hydrogen) atoms. The van der Waals surface area contributed by atoms with Gasteiger partial charge in [0.05, 0.1) is 12.7 Å². The first-order chi connectivity index (χ1) is 8.08. The number of nitrogens with zero attached hydrogens (tertiary/aromatic N) is 1. The Morgan fingerprint density at radius 1 is 1.35 bits per heavy atom. The summed E-state index contributed by atoms with van der Waals surface area (Å²) in [7, 11) is 0. The number of carbonyl (C=O) groups is 1. The highest BCUT2D eigenvalue weighted by molar-refractivity contribution is 5.94. The van der Waals surface area contributed by atoms with E-state index in [1.165, 1.54) is 5.56 Å². The molecule has 0 saturated carbocycles. The minimum atomic E-state index is 0.114. The summed E-state index contributed by atoms with van der Waals surface area (Å²) in [5, 5.41) is 0. The first kappa shape index (κ1) is 12.1. The van der Waals surface area contributed by atoms with Gasteiger partial charge in [-0.1, -0.05) is 6.07 Å². The Balaban J connectivity index is 2.15. The van der Waals surface area contributed by atoms with Gasteiger partial charge >= 0.3 is 0 Å². The van der Waals surface area contributed by atoms with Crippen LogP contribution < -0.4 is 0 Å². The Morgan fingerprint density at radius 3 is 2.76 bits per heavy atom. The van der Waals surface area contributed by atoms with Crippen LogP contribution in [0.3, 0.4) is 0 Å². The van der Waals surface area contributed by atoms with Crippen molar-refractivity contribution >= 4 is 5.91 Å². The zero-order valence-corrected chi connectivity index (χ0v) is 10.7. The van der Waals surface area contributed by atoms with Crippen LogP contribution in [0, 0.1) is 13.8 Å². The van der Waals surface area contributed by atoms with E-state index in [2.05, 4.69) is 6.92 Å². The fourth-order valence-corrected chi connectivity index (χ4v) is 2.06. The number of ether oxygens (including phenoxy) is 1. The molecule has 1 aliphatic rings. The summed E-state index contributed by atoms with van der Waals surface area (Å²) in [6.45, 7) is 8.11. The topological polar surface area (TPSA) is 29.5 Å². The Bertz CT molecular complexity index is 428. The predicted molar refractivity (Wildman–Crippen MR) is 67.2 cm³/mol. The number of hydrogen-bond acceptors (Lipinski definition) is 2. The van der Waals surface area contributed by atoms with Crippen LogP contribution in [0.15, 0.2) is 18.2 Å². The Morgan fingerprint density at radius 2 is 2.12 bits per heavy atom. The van der Waals surface area contributed by atoms with Crippen molar-refractivity contribution in [1.82, 2.24) is 4.90 Å². The van der Waals surface area contributed by atoms with Crippen molar-refractivity contribution in [2.24, 2.45) is 0 Å². The molecule has 1 aliphatic heterocycles. The van der Waals surface area contributed by atoms with E-state index in [0.29, 0.717) is 19.7 Å². The maximum atomic E-state index is 12.3. The molecule has 0 bridgehead atoms. The van der Waals surface area contributed by atoms with Gasteiger partial charge in [0.1, 0.15) is 0 Å². The third-order valence-corrected chi connectivity index (χ3v) is 3.28. The molecular weight excluding hydrogens is 214 g/mol. The van der Waals surface area contributed by atoms with Gasteiger partial charge in [0.15, 0.2) is 0 Å². The number of hydrogen-bond donors (Lipinski definition) is 0. The zero-order chi connectivity index (χ0) is 12.4. The molecule has 0 N–H and O–H groups in total. The third kappa shape index (κ3) is 2.67. The van der Waals surface area contributed by atoms with Gasteiger partial charge < -0.3 is 9.64 Å². The molecule has 1 aromatic carbocycles. The molecule has 3 nitrogen and oxygen atoms in total. The van der Waals surface area contributed by atoms with Gasteiger partial charge in [-0.15, -0.1) is 0 Å². The standard InChI is InChI=1S/C14H19NO2/c1-10-4-5-13(8-11(10)2)14(16)15-6-7-17-12(3)9-15/h4-5,8,12H,6-7,9H2,1-3H3/t12-/m1/s1. The van der Waals surface area contributed by atoms with Gasteiger partial charge in [-0.25, -0.2) is 0 Å². The molecule has 1 aromatic rings. The van der Waals surface area contributed by atoms with Crippen LogP contribution >= 0.6 is 0 Å². The molecule has 0 unspecified atom stereocenters. The molecule has 1 heterocycles. The second kappa shape index (κ2) is 4.88. The molecule has 0 aliphatic carbocycles. The van der Waals surface area contributed by atoms with Crippen molar-refractivity contribution in [2.45, 2.75) is 26.9 Å². The molecule has 2 rings (SSSR count). The van der Waals surface area contributed by atoms with E-state index in [4.69, 9.17) is 4.74 Å². The van der Waals surface area contributed by atoms with E-state index in [0.717, 1.165) is 11.1 Å². The second-order valence-corrected chi connectivity index (χ2v) is 4.73. The highest BCUT2D eigenvalue weighted by Crippen LogP contribution is 2.14. The third-order valence-electron chi connectivity index (χ3n) is 3.28. The van der Waals surface area contributed by atoms with Crippen molar-refractivity contribution in [3.05, 3.63) is 34.9 Å². The molecule has 1 atom stereocenters. The zero-order valence-electron chi connectivity index (χ0n) is 10.7. The number of aryl methyl sites for hydroxylation is 2. The van der Waals surface area contributed by atoms with E-state index >= 15 is 0 Å². The summed E-state index contributed by atoms with van der Waals surface area (Å²) in [6.07, 6.45) is 0.138. The molecule has 1 saturated heterocycles. The number of morpholine rings is 1. The molecule has 92 valence electrons. The van der Waals surface area contributed by atoms with E-state index in [1.54, 1.807) is 0 Å². The van der Waals surface area contributed by atoms with Crippen LogP contribution in [0.4, 0.5) is 0 Å². The van der Waals surface area contributed by atoms with Crippen LogP contribution in [-0.4, -0.2) is 36.6 Å². The Hall–Kier alpha value is -1.35. The lowest BCUT2D eigenvalue weighted by molar-refractivity contribution is -0.0124. The van der Waals surface area contributed by atoms with E-state index in [9.17, 15) is 4.79 Å². The quantitative estimate of drug-likeness (QED) is 0.744. The minimum absolute atomic E-state index is 0.114. The summed E-state index contributed by atoms with van der Waals surface area (Å²) in [4.78, 5) is 14.2. The van der Waals surface area contributed by atoms with Crippen LogP contribution in [0.1, 0.15) is 28.4 Å². The van der Waals surface area contributed by atoms with Gasteiger partial charge in [0.2, 0.25) is 0 Å². The van der Waals surface area contributed by atoms with Crippen molar-refractivity contribution < 1.29 is 9.53 Å². The van der Waals surface area contributed by atoms with Crippen molar-refractivity contribution in [3.63, 3.8) is 0 Å². The van der Waals surface area contributed by atoms with E-state index < -0.39 is 0 Å². The smallest absolute Gasteiger partial charge is 0.254 e. The minimum Gasteiger partial charge on any atom is -0.375 e. The van der Waals surface area contributed by atoms with Crippen LogP contribution in [-0.2, 0) is 4.74 Å². The highest BCUT2D eigenvalue weighted by atomic mass is 16.5. The summed E-state index contributed by atoms with van der Waals surface area (Å²) >= 11 is 0. The Labute approximate surface area is 102 Å². The molecular formula is C14H19NO2.